The third-order valence-corrected chi connectivity index (χ3v) is 2.59. The van der Waals surface area contributed by atoms with Gasteiger partial charge in [-0.25, -0.2) is 0 Å². The Morgan fingerprint density at radius 3 is 2.76 bits per heavy atom. The van der Waals surface area contributed by atoms with Crippen LogP contribution in [0.4, 0.5) is 5.69 Å². The number of hydrogen-bond acceptors (Lipinski definition) is 2. The van der Waals surface area contributed by atoms with Crippen LogP contribution in [0.3, 0.4) is 0 Å². The molecule has 1 N–H and O–H groups in total. The van der Waals surface area contributed by atoms with Crippen molar-refractivity contribution in [2.75, 3.05) is 12.4 Å². The predicted octanol–water partition coefficient (Wildman–Crippen LogP) is 3.00. The monoisotopic (exact) mass is 229 g/mol. The van der Waals surface area contributed by atoms with E-state index in [2.05, 4.69) is 5.32 Å². The standard InChI is InChI=1S/C14H15NO2/c1-9(2)4-6-12-11-7-5-10(17-3)8-13(11)15-14(12)16/h4-8H,1-3H3,(H,15,16). The number of carbonyl (C=O) groups is 1. The Bertz CT molecular complexity index is 523. The van der Waals surface area contributed by atoms with E-state index in [0.717, 1.165) is 22.6 Å². The second-order valence-electron chi connectivity index (χ2n) is 4.19. The van der Waals surface area contributed by atoms with E-state index in [9.17, 15) is 4.79 Å². The lowest BCUT2D eigenvalue weighted by Gasteiger charge is -2.02. The molecule has 0 aliphatic carbocycles. The van der Waals surface area contributed by atoms with Gasteiger partial charge in [0.05, 0.1) is 12.8 Å². The first-order valence-corrected chi connectivity index (χ1v) is 5.47. The van der Waals surface area contributed by atoms with Crippen molar-refractivity contribution in [1.82, 2.24) is 0 Å². The number of methoxy groups -OCH3 is 1. The molecule has 1 amide bonds. The Morgan fingerprint density at radius 2 is 2.12 bits per heavy atom. The summed E-state index contributed by atoms with van der Waals surface area (Å²) in [5.41, 5.74) is 3.59. The number of ether oxygens (including phenoxy) is 1. The van der Waals surface area contributed by atoms with Crippen molar-refractivity contribution in [3.8, 4) is 5.75 Å². The number of benzene rings is 1. The second-order valence-corrected chi connectivity index (χ2v) is 4.19. The van der Waals surface area contributed by atoms with E-state index in [0.29, 0.717) is 5.57 Å². The van der Waals surface area contributed by atoms with E-state index in [1.807, 2.05) is 44.2 Å². The largest absolute Gasteiger partial charge is 0.497 e. The average molecular weight is 229 g/mol. The second kappa shape index (κ2) is 4.45. The fourth-order valence-corrected chi connectivity index (χ4v) is 1.72. The minimum Gasteiger partial charge on any atom is -0.497 e. The van der Waals surface area contributed by atoms with Crippen LogP contribution in [-0.4, -0.2) is 13.0 Å². The molecule has 0 radical (unpaired) electrons. The maximum atomic E-state index is 11.8. The van der Waals surface area contributed by atoms with Crippen LogP contribution in [0.2, 0.25) is 0 Å². The number of fused-ring (bicyclic) bond motifs is 1. The Labute approximate surface area is 101 Å². The predicted molar refractivity (Wildman–Crippen MR) is 69.0 cm³/mol. The number of nitrogens with one attached hydrogen (secondary N) is 1. The van der Waals surface area contributed by atoms with Gasteiger partial charge in [-0.1, -0.05) is 11.6 Å². The highest BCUT2D eigenvalue weighted by Gasteiger charge is 2.23. The van der Waals surface area contributed by atoms with Crippen LogP contribution in [0.1, 0.15) is 19.4 Å². The van der Waals surface area contributed by atoms with E-state index in [1.165, 1.54) is 0 Å². The summed E-state index contributed by atoms with van der Waals surface area (Å²) in [5, 5.41) is 2.83. The van der Waals surface area contributed by atoms with E-state index in [1.54, 1.807) is 7.11 Å². The Kier molecular flexibility index (Phi) is 3.00. The van der Waals surface area contributed by atoms with Gasteiger partial charge >= 0.3 is 0 Å². The van der Waals surface area contributed by atoms with E-state index >= 15 is 0 Å². The number of anilines is 1. The molecule has 1 aliphatic heterocycles. The summed E-state index contributed by atoms with van der Waals surface area (Å²) in [5.74, 6) is 0.679. The fraction of sp³-hybridized carbons (Fsp3) is 0.214. The average Bonchev–Trinajstić information content (AvgIpc) is 2.60. The number of carbonyl (C=O) groups excluding carboxylic acids is 1. The van der Waals surface area contributed by atoms with Gasteiger partial charge in [0.25, 0.3) is 5.91 Å². The third-order valence-electron chi connectivity index (χ3n) is 2.59. The first kappa shape index (κ1) is 11.5. The van der Waals surface area contributed by atoms with Crippen molar-refractivity contribution in [2.45, 2.75) is 13.8 Å². The molecule has 88 valence electrons. The number of allylic oxidation sites excluding steroid dienone is 3. The summed E-state index contributed by atoms with van der Waals surface area (Å²) in [7, 11) is 1.61. The summed E-state index contributed by atoms with van der Waals surface area (Å²) >= 11 is 0. The molecule has 0 unspecified atom stereocenters. The minimum atomic E-state index is -0.0641. The molecule has 3 nitrogen and oxygen atoms in total. The van der Waals surface area contributed by atoms with Crippen LogP contribution >= 0.6 is 0 Å². The van der Waals surface area contributed by atoms with Crippen LogP contribution in [0.5, 0.6) is 5.75 Å². The molecule has 0 atom stereocenters. The molecule has 0 fully saturated rings. The van der Waals surface area contributed by atoms with Gasteiger partial charge < -0.3 is 10.1 Å². The lowest BCUT2D eigenvalue weighted by atomic mass is 10.1. The molecular formula is C14H15NO2. The van der Waals surface area contributed by atoms with Crippen molar-refractivity contribution in [1.29, 1.82) is 0 Å². The highest BCUT2D eigenvalue weighted by Crippen LogP contribution is 2.34. The Balaban J connectivity index is 2.45. The van der Waals surface area contributed by atoms with Gasteiger partial charge in [0.2, 0.25) is 0 Å². The third kappa shape index (κ3) is 2.23. The quantitative estimate of drug-likeness (QED) is 0.792. The normalized spacial score (nSPS) is 15.5. The lowest BCUT2D eigenvalue weighted by molar-refractivity contribution is -0.110. The topological polar surface area (TPSA) is 38.3 Å². The van der Waals surface area contributed by atoms with Gasteiger partial charge in [0.1, 0.15) is 5.75 Å². The van der Waals surface area contributed by atoms with Crippen LogP contribution in [-0.2, 0) is 4.79 Å². The minimum absolute atomic E-state index is 0.0641. The van der Waals surface area contributed by atoms with Gasteiger partial charge in [0.15, 0.2) is 0 Å². The number of rotatable bonds is 2. The summed E-state index contributed by atoms with van der Waals surface area (Å²) < 4.78 is 5.13. The summed E-state index contributed by atoms with van der Waals surface area (Å²) in [6.45, 7) is 4.00. The van der Waals surface area contributed by atoms with Crippen molar-refractivity contribution < 1.29 is 9.53 Å². The molecular weight excluding hydrogens is 214 g/mol. The highest BCUT2D eigenvalue weighted by molar-refractivity contribution is 6.31. The zero-order valence-corrected chi connectivity index (χ0v) is 10.2. The van der Waals surface area contributed by atoms with Crippen molar-refractivity contribution >= 4 is 17.2 Å². The molecule has 1 aliphatic rings. The van der Waals surface area contributed by atoms with Crippen LogP contribution < -0.4 is 10.1 Å². The molecule has 1 aromatic carbocycles. The molecule has 0 spiro atoms. The first-order chi connectivity index (χ1) is 8.11. The fourth-order valence-electron chi connectivity index (χ4n) is 1.72. The molecule has 1 aromatic rings. The number of amides is 1. The van der Waals surface area contributed by atoms with E-state index < -0.39 is 0 Å². The maximum absolute atomic E-state index is 11.8. The SMILES string of the molecule is COc1ccc2c(c1)NC(=O)C2=CC=C(C)C. The maximum Gasteiger partial charge on any atom is 0.256 e. The van der Waals surface area contributed by atoms with E-state index in [-0.39, 0.29) is 5.91 Å². The van der Waals surface area contributed by atoms with Crippen LogP contribution in [0.15, 0.2) is 35.9 Å². The van der Waals surface area contributed by atoms with Gasteiger partial charge in [-0.3, -0.25) is 4.79 Å². The highest BCUT2D eigenvalue weighted by atomic mass is 16.5. The Morgan fingerprint density at radius 1 is 1.35 bits per heavy atom. The lowest BCUT2D eigenvalue weighted by Crippen LogP contribution is -2.03. The summed E-state index contributed by atoms with van der Waals surface area (Å²) in [4.78, 5) is 11.8. The molecule has 0 saturated heterocycles. The van der Waals surface area contributed by atoms with Gasteiger partial charge in [-0.05, 0) is 32.1 Å². The van der Waals surface area contributed by atoms with Gasteiger partial charge in [0, 0.05) is 17.2 Å². The van der Waals surface area contributed by atoms with E-state index in [4.69, 9.17) is 4.74 Å². The molecule has 3 heteroatoms. The summed E-state index contributed by atoms with van der Waals surface area (Å²) in [6, 6.07) is 5.59. The van der Waals surface area contributed by atoms with Crippen molar-refractivity contribution in [3.63, 3.8) is 0 Å². The smallest absolute Gasteiger partial charge is 0.256 e. The first-order valence-electron chi connectivity index (χ1n) is 5.47. The van der Waals surface area contributed by atoms with Crippen molar-refractivity contribution in [2.24, 2.45) is 0 Å². The number of hydrogen-bond donors (Lipinski definition) is 1. The van der Waals surface area contributed by atoms with Crippen LogP contribution in [0.25, 0.3) is 5.57 Å². The molecule has 2 rings (SSSR count). The van der Waals surface area contributed by atoms with Gasteiger partial charge in [-0.15, -0.1) is 0 Å². The zero-order valence-electron chi connectivity index (χ0n) is 10.2. The van der Waals surface area contributed by atoms with Crippen molar-refractivity contribution in [3.05, 3.63) is 41.5 Å². The molecule has 0 aromatic heterocycles. The molecule has 0 saturated carbocycles. The molecule has 17 heavy (non-hydrogen) atoms. The molecule has 0 bridgehead atoms. The Hall–Kier alpha value is -2.03. The van der Waals surface area contributed by atoms with Gasteiger partial charge in [-0.2, -0.15) is 0 Å². The molecule has 1 heterocycles. The zero-order chi connectivity index (χ0) is 12.4. The summed E-state index contributed by atoms with van der Waals surface area (Å²) in [6.07, 6.45) is 3.79. The van der Waals surface area contributed by atoms with Crippen LogP contribution in [0, 0.1) is 0 Å².